The van der Waals surface area contributed by atoms with Crippen molar-refractivity contribution in [2.45, 2.75) is 33.6 Å². The first-order valence-electron chi connectivity index (χ1n) is 8.35. The molecular formula is C21H22O5. The van der Waals surface area contributed by atoms with Gasteiger partial charge in [-0.25, -0.2) is 4.79 Å². The Hall–Kier alpha value is -2.95. The van der Waals surface area contributed by atoms with Crippen LogP contribution in [0, 0.1) is 13.8 Å². The summed E-state index contributed by atoms with van der Waals surface area (Å²) in [4.78, 5) is 12.1. The fourth-order valence-corrected chi connectivity index (χ4v) is 3.52. The van der Waals surface area contributed by atoms with Gasteiger partial charge in [-0.05, 0) is 51.0 Å². The van der Waals surface area contributed by atoms with Crippen molar-refractivity contribution in [2.75, 3.05) is 7.11 Å². The van der Waals surface area contributed by atoms with Crippen LogP contribution < -0.4 is 4.74 Å². The number of benzene rings is 2. The molecule has 0 amide bonds. The fourth-order valence-electron chi connectivity index (χ4n) is 3.52. The lowest BCUT2D eigenvalue weighted by molar-refractivity contribution is 0.0596. The minimum Gasteiger partial charge on any atom is -0.507 e. The van der Waals surface area contributed by atoms with Crippen LogP contribution in [0.2, 0.25) is 0 Å². The minimum atomic E-state index is -0.613. The SMILES string of the molecule is COC(=O)c1c(O)cc2c(c1C)[C@@H](C=C(C)C)c1c(O)cc(C)cc1O2. The van der Waals surface area contributed by atoms with Gasteiger partial charge >= 0.3 is 5.97 Å². The Morgan fingerprint density at radius 1 is 1.08 bits per heavy atom. The van der Waals surface area contributed by atoms with E-state index in [2.05, 4.69) is 0 Å². The van der Waals surface area contributed by atoms with E-state index in [1.54, 1.807) is 13.0 Å². The van der Waals surface area contributed by atoms with Crippen molar-refractivity contribution in [3.8, 4) is 23.0 Å². The van der Waals surface area contributed by atoms with Gasteiger partial charge in [0.05, 0.1) is 7.11 Å². The van der Waals surface area contributed by atoms with E-state index in [1.165, 1.54) is 13.2 Å². The largest absolute Gasteiger partial charge is 0.507 e. The van der Waals surface area contributed by atoms with E-state index in [9.17, 15) is 15.0 Å². The molecule has 2 aromatic rings. The first kappa shape index (κ1) is 17.9. The molecule has 0 saturated carbocycles. The predicted molar refractivity (Wildman–Crippen MR) is 98.4 cm³/mol. The normalized spacial score (nSPS) is 14.7. The Morgan fingerprint density at radius 2 is 1.73 bits per heavy atom. The van der Waals surface area contributed by atoms with Crippen molar-refractivity contribution in [2.24, 2.45) is 0 Å². The van der Waals surface area contributed by atoms with Crippen LogP contribution in [-0.2, 0) is 4.74 Å². The summed E-state index contributed by atoms with van der Waals surface area (Å²) < 4.78 is 10.8. The lowest BCUT2D eigenvalue weighted by Gasteiger charge is -2.30. The summed E-state index contributed by atoms with van der Waals surface area (Å²) in [7, 11) is 1.27. The fraction of sp³-hybridized carbons (Fsp3) is 0.286. The molecule has 1 aliphatic rings. The van der Waals surface area contributed by atoms with Crippen LogP contribution >= 0.6 is 0 Å². The van der Waals surface area contributed by atoms with E-state index >= 15 is 0 Å². The number of hydrogen-bond acceptors (Lipinski definition) is 5. The van der Waals surface area contributed by atoms with Crippen LogP contribution in [0.25, 0.3) is 0 Å². The van der Waals surface area contributed by atoms with Gasteiger partial charge in [-0.3, -0.25) is 0 Å². The van der Waals surface area contributed by atoms with Gasteiger partial charge in [0.2, 0.25) is 0 Å². The highest BCUT2D eigenvalue weighted by molar-refractivity contribution is 5.95. The van der Waals surface area contributed by atoms with Crippen LogP contribution in [0.5, 0.6) is 23.0 Å². The predicted octanol–water partition coefficient (Wildman–Crippen LogP) is 4.71. The molecule has 0 fully saturated rings. The highest BCUT2D eigenvalue weighted by atomic mass is 16.5. The summed E-state index contributed by atoms with van der Waals surface area (Å²) in [5, 5.41) is 20.9. The maximum absolute atomic E-state index is 12.1. The Morgan fingerprint density at radius 3 is 2.35 bits per heavy atom. The average Bonchev–Trinajstić information content (AvgIpc) is 2.52. The second-order valence-electron chi connectivity index (χ2n) is 6.82. The molecule has 1 aliphatic heterocycles. The number of carbonyl (C=O) groups excluding carboxylic acids is 1. The summed E-state index contributed by atoms with van der Waals surface area (Å²) in [5.74, 6) is 0.0421. The number of ether oxygens (including phenoxy) is 2. The van der Waals surface area contributed by atoms with Crippen LogP contribution in [0.1, 0.15) is 52.4 Å². The third-order valence-electron chi connectivity index (χ3n) is 4.56. The summed E-state index contributed by atoms with van der Waals surface area (Å²) in [6, 6.07) is 4.98. The maximum atomic E-state index is 12.1. The number of phenols is 2. The van der Waals surface area contributed by atoms with E-state index in [4.69, 9.17) is 9.47 Å². The Labute approximate surface area is 152 Å². The lowest BCUT2D eigenvalue weighted by atomic mass is 9.81. The summed E-state index contributed by atoms with van der Waals surface area (Å²) in [5.41, 5.74) is 3.98. The molecule has 2 N–H and O–H groups in total. The number of methoxy groups -OCH3 is 1. The number of phenolic OH excluding ortho intramolecular Hbond substituents is 2. The molecule has 0 unspecified atom stereocenters. The molecule has 1 heterocycles. The van der Waals surface area contributed by atoms with Crippen molar-refractivity contribution in [3.63, 3.8) is 0 Å². The molecule has 5 heteroatoms. The second-order valence-corrected chi connectivity index (χ2v) is 6.82. The first-order valence-corrected chi connectivity index (χ1v) is 8.35. The molecule has 0 aromatic heterocycles. The highest BCUT2D eigenvalue weighted by Crippen LogP contribution is 2.52. The minimum absolute atomic E-state index is 0.108. The monoisotopic (exact) mass is 354 g/mol. The van der Waals surface area contributed by atoms with Crippen LogP contribution in [0.4, 0.5) is 0 Å². The van der Waals surface area contributed by atoms with Gasteiger partial charge in [-0.15, -0.1) is 0 Å². The molecule has 0 bridgehead atoms. The molecule has 2 aromatic carbocycles. The van der Waals surface area contributed by atoms with Crippen LogP contribution in [0.3, 0.4) is 0 Å². The summed E-state index contributed by atoms with van der Waals surface area (Å²) in [6.45, 7) is 7.56. The van der Waals surface area contributed by atoms with E-state index in [1.807, 2.05) is 32.9 Å². The number of aryl methyl sites for hydroxylation is 1. The van der Waals surface area contributed by atoms with Crippen LogP contribution in [0.15, 0.2) is 29.8 Å². The Balaban J connectivity index is 2.35. The van der Waals surface area contributed by atoms with E-state index in [0.717, 1.165) is 16.7 Å². The number of fused-ring (bicyclic) bond motifs is 2. The van der Waals surface area contributed by atoms with Gasteiger partial charge in [-0.2, -0.15) is 0 Å². The topological polar surface area (TPSA) is 76.0 Å². The van der Waals surface area contributed by atoms with Gasteiger partial charge in [0.15, 0.2) is 0 Å². The van der Waals surface area contributed by atoms with Crippen molar-refractivity contribution in [1.29, 1.82) is 0 Å². The molecule has 0 spiro atoms. The van der Waals surface area contributed by atoms with Crippen molar-refractivity contribution in [1.82, 2.24) is 0 Å². The zero-order valence-corrected chi connectivity index (χ0v) is 15.5. The molecule has 1 atom stereocenters. The number of aromatic hydroxyl groups is 2. The molecule has 0 radical (unpaired) electrons. The number of esters is 1. The molecule has 0 aliphatic carbocycles. The lowest BCUT2D eigenvalue weighted by Crippen LogP contribution is -2.15. The maximum Gasteiger partial charge on any atom is 0.341 e. The van der Waals surface area contributed by atoms with Gasteiger partial charge in [0, 0.05) is 23.1 Å². The molecule has 136 valence electrons. The van der Waals surface area contributed by atoms with Crippen molar-refractivity contribution < 1.29 is 24.5 Å². The third kappa shape index (κ3) is 2.79. The number of rotatable bonds is 2. The van der Waals surface area contributed by atoms with Gasteiger partial charge in [0.1, 0.15) is 28.6 Å². The van der Waals surface area contributed by atoms with E-state index in [0.29, 0.717) is 22.6 Å². The number of allylic oxidation sites excluding steroid dienone is 2. The standard InChI is InChI=1S/C21H22O5/c1-10(2)6-13-18-12(4)19(21(24)25-5)15(23)9-17(18)26-16-8-11(3)7-14(22)20(13)16/h6-9,13,22-23H,1-5H3/t13-/m1/s1. The smallest absolute Gasteiger partial charge is 0.341 e. The highest BCUT2D eigenvalue weighted by Gasteiger charge is 2.33. The second kappa shape index (κ2) is 6.41. The third-order valence-corrected chi connectivity index (χ3v) is 4.56. The van der Waals surface area contributed by atoms with E-state index < -0.39 is 5.97 Å². The zero-order valence-electron chi connectivity index (χ0n) is 15.5. The molecule has 5 nitrogen and oxygen atoms in total. The first-order chi connectivity index (χ1) is 12.2. The quantitative estimate of drug-likeness (QED) is 0.604. The van der Waals surface area contributed by atoms with Gasteiger partial charge in [-0.1, -0.05) is 11.6 Å². The van der Waals surface area contributed by atoms with Gasteiger partial charge < -0.3 is 19.7 Å². The Bertz CT molecular complexity index is 936. The van der Waals surface area contributed by atoms with Crippen molar-refractivity contribution in [3.05, 3.63) is 57.7 Å². The molecular weight excluding hydrogens is 332 g/mol. The van der Waals surface area contributed by atoms with E-state index in [-0.39, 0.29) is 23.0 Å². The van der Waals surface area contributed by atoms with Gasteiger partial charge in [0.25, 0.3) is 0 Å². The number of hydrogen-bond donors (Lipinski definition) is 2. The molecule has 0 saturated heterocycles. The summed E-state index contributed by atoms with van der Waals surface area (Å²) in [6.07, 6.45) is 2.01. The average molecular weight is 354 g/mol. The zero-order chi connectivity index (χ0) is 19.2. The molecule has 3 rings (SSSR count). The summed E-state index contributed by atoms with van der Waals surface area (Å²) >= 11 is 0. The number of carbonyl (C=O) groups is 1. The Kier molecular flexibility index (Phi) is 4.40. The van der Waals surface area contributed by atoms with Crippen LogP contribution in [-0.4, -0.2) is 23.3 Å². The van der Waals surface area contributed by atoms with Crippen molar-refractivity contribution >= 4 is 5.97 Å². The molecule has 26 heavy (non-hydrogen) atoms.